The maximum Gasteiger partial charge on any atom is 0.277 e. The number of ether oxygens (including phenoxy) is 1. The minimum absolute atomic E-state index is 0.192. The monoisotopic (exact) mass is 345 g/mol. The highest BCUT2D eigenvalue weighted by Crippen LogP contribution is 2.55. The Morgan fingerprint density at radius 1 is 1.30 bits per heavy atom. The predicted octanol–water partition coefficient (Wildman–Crippen LogP) is 0.236. The van der Waals surface area contributed by atoms with Gasteiger partial charge in [0.25, 0.3) is 10.2 Å². The van der Waals surface area contributed by atoms with Gasteiger partial charge in [-0.3, -0.25) is 4.79 Å². The number of nitrogens with one attached hydrogen (secondary N) is 2. The van der Waals surface area contributed by atoms with E-state index in [1.807, 2.05) is 13.8 Å². The van der Waals surface area contributed by atoms with E-state index < -0.39 is 15.8 Å². The summed E-state index contributed by atoms with van der Waals surface area (Å²) in [5, 5.41) is 0. The van der Waals surface area contributed by atoms with E-state index in [0.717, 1.165) is 6.42 Å². The van der Waals surface area contributed by atoms with E-state index in [9.17, 15) is 13.2 Å². The standard InChI is InChI=1S/C15H27N3O4S/c1-14(2)9-18(13(19)8-17-23(20,21)16-3)10-15(22-14)7-11-4-5-12(15)6-11/h11-12,16-17H,4-10H2,1-3H3/t11-,12+,15+/m1/s1. The fourth-order valence-electron chi connectivity index (χ4n) is 4.68. The molecule has 1 saturated heterocycles. The van der Waals surface area contributed by atoms with Crippen LogP contribution in [0.1, 0.15) is 39.5 Å². The molecule has 132 valence electrons. The lowest BCUT2D eigenvalue weighted by molar-refractivity contribution is -0.217. The van der Waals surface area contributed by atoms with E-state index in [-0.39, 0.29) is 18.1 Å². The van der Waals surface area contributed by atoms with Gasteiger partial charge in [-0.15, -0.1) is 0 Å². The molecule has 2 N–H and O–H groups in total. The van der Waals surface area contributed by atoms with Gasteiger partial charge in [-0.25, -0.2) is 4.72 Å². The van der Waals surface area contributed by atoms with Crippen LogP contribution >= 0.6 is 0 Å². The molecule has 1 spiro atoms. The number of rotatable bonds is 4. The summed E-state index contributed by atoms with van der Waals surface area (Å²) < 4.78 is 33.8. The van der Waals surface area contributed by atoms with Gasteiger partial charge in [0.15, 0.2) is 0 Å². The van der Waals surface area contributed by atoms with Crippen molar-refractivity contribution in [3.8, 4) is 0 Å². The van der Waals surface area contributed by atoms with Crippen LogP contribution in [0.25, 0.3) is 0 Å². The van der Waals surface area contributed by atoms with Crippen LogP contribution in [0, 0.1) is 11.8 Å². The number of carbonyl (C=O) groups is 1. The molecule has 3 aliphatic rings. The van der Waals surface area contributed by atoms with Crippen molar-refractivity contribution in [2.75, 3.05) is 26.7 Å². The van der Waals surface area contributed by atoms with E-state index in [1.54, 1.807) is 4.90 Å². The molecule has 8 heteroatoms. The van der Waals surface area contributed by atoms with Crippen molar-refractivity contribution in [3.05, 3.63) is 0 Å². The molecular weight excluding hydrogens is 318 g/mol. The first-order valence-electron chi connectivity index (χ1n) is 8.31. The summed E-state index contributed by atoms with van der Waals surface area (Å²) in [6, 6.07) is 0. The summed E-state index contributed by atoms with van der Waals surface area (Å²) in [5.74, 6) is 1.05. The zero-order valence-electron chi connectivity index (χ0n) is 14.1. The van der Waals surface area contributed by atoms with Crippen LogP contribution in [0.3, 0.4) is 0 Å². The number of nitrogens with zero attached hydrogens (tertiary/aromatic N) is 1. The molecule has 0 unspecified atom stereocenters. The van der Waals surface area contributed by atoms with Gasteiger partial charge in [0.2, 0.25) is 5.91 Å². The third-order valence-electron chi connectivity index (χ3n) is 5.46. The molecule has 1 heterocycles. The Hall–Kier alpha value is -0.700. The molecule has 0 aromatic rings. The second-order valence-electron chi connectivity index (χ2n) is 7.79. The van der Waals surface area contributed by atoms with Crippen LogP contribution in [0.2, 0.25) is 0 Å². The van der Waals surface area contributed by atoms with E-state index >= 15 is 0 Å². The quantitative estimate of drug-likeness (QED) is 0.764. The average molecular weight is 345 g/mol. The third kappa shape index (κ3) is 3.40. The van der Waals surface area contributed by atoms with Crippen molar-refractivity contribution < 1.29 is 17.9 Å². The van der Waals surface area contributed by atoms with E-state index in [1.165, 1.54) is 26.3 Å². The molecule has 1 amide bonds. The number of amides is 1. The SMILES string of the molecule is CNS(=O)(=O)NCC(=O)N1CC(C)(C)O[C@@]2(C[C@@H]3CC[C@H]2C3)C1. The van der Waals surface area contributed by atoms with Crippen molar-refractivity contribution in [2.45, 2.75) is 50.7 Å². The first-order chi connectivity index (χ1) is 10.6. The Morgan fingerprint density at radius 2 is 2.04 bits per heavy atom. The van der Waals surface area contributed by atoms with Crippen molar-refractivity contribution in [3.63, 3.8) is 0 Å². The van der Waals surface area contributed by atoms with Gasteiger partial charge in [-0.2, -0.15) is 13.1 Å². The van der Waals surface area contributed by atoms with Crippen molar-refractivity contribution >= 4 is 16.1 Å². The molecule has 2 aliphatic carbocycles. The van der Waals surface area contributed by atoms with Crippen LogP contribution in [0.4, 0.5) is 0 Å². The van der Waals surface area contributed by atoms with Crippen molar-refractivity contribution in [1.82, 2.24) is 14.3 Å². The van der Waals surface area contributed by atoms with Crippen LogP contribution in [0.15, 0.2) is 0 Å². The summed E-state index contributed by atoms with van der Waals surface area (Å²) in [4.78, 5) is 14.3. The van der Waals surface area contributed by atoms with Gasteiger partial charge in [0.1, 0.15) is 0 Å². The van der Waals surface area contributed by atoms with Gasteiger partial charge in [0.05, 0.1) is 24.3 Å². The van der Waals surface area contributed by atoms with E-state index in [2.05, 4.69) is 9.44 Å². The molecule has 23 heavy (non-hydrogen) atoms. The molecule has 1 aliphatic heterocycles. The Kier molecular flexibility index (Phi) is 4.23. The smallest absolute Gasteiger partial charge is 0.277 e. The highest BCUT2D eigenvalue weighted by molar-refractivity contribution is 7.87. The number of morpholine rings is 1. The molecule has 0 aromatic carbocycles. The largest absolute Gasteiger partial charge is 0.365 e. The molecule has 3 atom stereocenters. The number of fused-ring (bicyclic) bond motifs is 3. The minimum atomic E-state index is -3.60. The molecule has 3 fully saturated rings. The van der Waals surface area contributed by atoms with Crippen LogP contribution in [-0.2, 0) is 19.7 Å². The highest BCUT2D eigenvalue weighted by atomic mass is 32.2. The first kappa shape index (κ1) is 17.1. The van der Waals surface area contributed by atoms with E-state index in [0.29, 0.717) is 24.9 Å². The molecule has 0 radical (unpaired) electrons. The molecular formula is C15H27N3O4S. The molecule has 2 bridgehead atoms. The van der Waals surface area contributed by atoms with Crippen molar-refractivity contribution in [1.29, 1.82) is 0 Å². The molecule has 0 aromatic heterocycles. The van der Waals surface area contributed by atoms with Gasteiger partial charge < -0.3 is 9.64 Å². The van der Waals surface area contributed by atoms with Gasteiger partial charge >= 0.3 is 0 Å². The summed E-state index contributed by atoms with van der Waals surface area (Å²) in [6.45, 7) is 4.88. The first-order valence-corrected chi connectivity index (χ1v) is 9.79. The average Bonchev–Trinajstić information content (AvgIpc) is 3.03. The zero-order valence-corrected chi connectivity index (χ0v) is 14.9. The van der Waals surface area contributed by atoms with Gasteiger partial charge in [-0.1, -0.05) is 0 Å². The predicted molar refractivity (Wildman–Crippen MR) is 85.9 cm³/mol. The summed E-state index contributed by atoms with van der Waals surface area (Å²) in [6.07, 6.45) is 4.67. The fourth-order valence-corrected chi connectivity index (χ4v) is 5.14. The van der Waals surface area contributed by atoms with Gasteiger partial charge in [0, 0.05) is 13.6 Å². The maximum absolute atomic E-state index is 12.5. The summed E-state index contributed by atoms with van der Waals surface area (Å²) in [7, 11) is -2.28. The summed E-state index contributed by atoms with van der Waals surface area (Å²) >= 11 is 0. The molecule has 2 saturated carbocycles. The fraction of sp³-hybridized carbons (Fsp3) is 0.933. The highest BCUT2D eigenvalue weighted by Gasteiger charge is 2.57. The molecule has 3 rings (SSSR count). The Bertz CT molecular complexity index is 592. The van der Waals surface area contributed by atoms with Crippen LogP contribution in [-0.4, -0.2) is 57.1 Å². The van der Waals surface area contributed by atoms with Gasteiger partial charge in [-0.05, 0) is 51.4 Å². The van der Waals surface area contributed by atoms with Crippen molar-refractivity contribution in [2.24, 2.45) is 11.8 Å². The van der Waals surface area contributed by atoms with E-state index in [4.69, 9.17) is 4.74 Å². The Morgan fingerprint density at radius 3 is 2.61 bits per heavy atom. The molecule has 7 nitrogen and oxygen atoms in total. The second-order valence-corrected chi connectivity index (χ2v) is 9.49. The lowest BCUT2D eigenvalue weighted by Crippen LogP contribution is -2.63. The van der Waals surface area contributed by atoms with Crippen LogP contribution < -0.4 is 9.44 Å². The third-order valence-corrected chi connectivity index (χ3v) is 6.53. The zero-order chi connectivity index (χ0) is 16.9. The van der Waals surface area contributed by atoms with Crippen LogP contribution in [0.5, 0.6) is 0 Å². The topological polar surface area (TPSA) is 87.7 Å². The number of hydrogen-bond acceptors (Lipinski definition) is 4. The lowest BCUT2D eigenvalue weighted by atomic mass is 9.81. The number of hydrogen-bond donors (Lipinski definition) is 2. The summed E-state index contributed by atoms with van der Waals surface area (Å²) in [5.41, 5.74) is -0.636. The normalized spacial score (nSPS) is 35.9. The Labute approximate surface area is 138 Å². The number of carbonyl (C=O) groups excluding carboxylic acids is 1. The minimum Gasteiger partial charge on any atom is -0.365 e. The lowest BCUT2D eigenvalue weighted by Gasteiger charge is -2.52. The maximum atomic E-state index is 12.5. The Balaban J connectivity index is 1.71. The second kappa shape index (κ2) is 5.68.